The predicted molar refractivity (Wildman–Crippen MR) is 117 cm³/mol. The molecule has 0 aliphatic carbocycles. The van der Waals surface area contributed by atoms with Gasteiger partial charge in [0, 0.05) is 41.0 Å². The number of anilines is 1. The van der Waals surface area contributed by atoms with Crippen LogP contribution >= 0.6 is 0 Å². The second-order valence-corrected chi connectivity index (χ2v) is 9.31. The molecule has 1 aliphatic rings. The molecule has 5 heteroatoms. The Hall–Kier alpha value is -2.40. The van der Waals surface area contributed by atoms with E-state index < -0.39 is 0 Å². The number of hydrogen-bond donors (Lipinski definition) is 3. The van der Waals surface area contributed by atoms with Crippen LogP contribution in [0.15, 0.2) is 48.8 Å². The van der Waals surface area contributed by atoms with Crippen molar-refractivity contribution in [1.82, 2.24) is 15.3 Å². The average molecular weight is 380 g/mol. The Bertz CT molecular complexity index is 818. The highest BCUT2D eigenvalue weighted by Crippen LogP contribution is 2.26. The zero-order valence-electron chi connectivity index (χ0n) is 17.5. The molecule has 1 unspecified atom stereocenters. The van der Waals surface area contributed by atoms with Crippen molar-refractivity contribution in [1.29, 1.82) is 0 Å². The summed E-state index contributed by atoms with van der Waals surface area (Å²) < 4.78 is 0. The minimum absolute atomic E-state index is 0.0263. The molecule has 0 saturated carbocycles. The molecule has 0 amide bonds. The van der Waals surface area contributed by atoms with Crippen molar-refractivity contribution in [2.45, 2.75) is 70.5 Å². The van der Waals surface area contributed by atoms with E-state index in [-0.39, 0.29) is 17.1 Å². The molecule has 1 aromatic heterocycles. The highest BCUT2D eigenvalue weighted by Gasteiger charge is 2.29. The second-order valence-electron chi connectivity index (χ2n) is 9.31. The number of nitrogens with one attached hydrogen (secondary N) is 2. The Kier molecular flexibility index (Phi) is 5.75. The maximum Gasteiger partial charge on any atom is 0.223 e. The van der Waals surface area contributed by atoms with Crippen molar-refractivity contribution in [3.63, 3.8) is 0 Å². The van der Waals surface area contributed by atoms with Crippen molar-refractivity contribution in [3.8, 4) is 11.3 Å². The summed E-state index contributed by atoms with van der Waals surface area (Å²) in [4.78, 5) is 9.15. The second kappa shape index (κ2) is 7.92. The highest BCUT2D eigenvalue weighted by atomic mass is 15.1. The van der Waals surface area contributed by atoms with Gasteiger partial charge in [-0.3, -0.25) is 0 Å². The molecule has 1 saturated heterocycles. The molecule has 28 heavy (non-hydrogen) atoms. The van der Waals surface area contributed by atoms with Crippen molar-refractivity contribution in [3.05, 3.63) is 54.4 Å². The molecule has 1 fully saturated rings. The topological polar surface area (TPSA) is 75.9 Å². The molecular formula is C23H33N5. The predicted octanol–water partition coefficient (Wildman–Crippen LogP) is 4.27. The van der Waals surface area contributed by atoms with Gasteiger partial charge < -0.3 is 16.4 Å². The number of nitrogens with zero attached hydrogens (tertiary/aromatic N) is 2. The normalized spacial score (nSPS) is 19.2. The SMILES string of the molecule is C=C1CC(Nc2nccc(-c3ccc(CCC(C)(C)N)cc3)n2)CC(C)(C)N1. The van der Waals surface area contributed by atoms with Gasteiger partial charge in [0.15, 0.2) is 0 Å². The highest BCUT2D eigenvalue weighted by molar-refractivity contribution is 5.60. The van der Waals surface area contributed by atoms with E-state index in [9.17, 15) is 0 Å². The van der Waals surface area contributed by atoms with Crippen LogP contribution in [0.5, 0.6) is 0 Å². The Morgan fingerprint density at radius 2 is 1.96 bits per heavy atom. The van der Waals surface area contributed by atoms with Gasteiger partial charge in [0.1, 0.15) is 0 Å². The zero-order valence-corrected chi connectivity index (χ0v) is 17.5. The summed E-state index contributed by atoms with van der Waals surface area (Å²) >= 11 is 0. The number of nitrogens with two attached hydrogens (primary N) is 1. The molecule has 1 atom stereocenters. The lowest BCUT2D eigenvalue weighted by atomic mass is 9.88. The molecule has 0 radical (unpaired) electrons. The van der Waals surface area contributed by atoms with Crippen LogP contribution in [0.3, 0.4) is 0 Å². The minimum atomic E-state index is -0.138. The fourth-order valence-electron chi connectivity index (χ4n) is 3.75. The largest absolute Gasteiger partial charge is 0.384 e. The fourth-order valence-corrected chi connectivity index (χ4v) is 3.75. The molecule has 3 rings (SSSR count). The summed E-state index contributed by atoms with van der Waals surface area (Å²) in [5.41, 5.74) is 10.4. The maximum atomic E-state index is 6.09. The first-order chi connectivity index (χ1) is 13.1. The number of aromatic nitrogens is 2. The lowest BCUT2D eigenvalue weighted by Gasteiger charge is -2.38. The van der Waals surface area contributed by atoms with E-state index in [2.05, 4.69) is 74.2 Å². The van der Waals surface area contributed by atoms with Crippen LogP contribution in [-0.2, 0) is 6.42 Å². The first-order valence-electron chi connectivity index (χ1n) is 10.0. The van der Waals surface area contributed by atoms with E-state index in [0.29, 0.717) is 5.95 Å². The molecule has 150 valence electrons. The fraction of sp³-hybridized carbons (Fsp3) is 0.478. The number of piperidine rings is 1. The van der Waals surface area contributed by atoms with Crippen LogP contribution in [0, 0.1) is 0 Å². The molecule has 5 nitrogen and oxygen atoms in total. The first-order valence-corrected chi connectivity index (χ1v) is 10.0. The summed E-state index contributed by atoms with van der Waals surface area (Å²) in [6.07, 6.45) is 5.63. The van der Waals surface area contributed by atoms with Crippen LogP contribution < -0.4 is 16.4 Å². The van der Waals surface area contributed by atoms with E-state index in [1.54, 1.807) is 0 Å². The smallest absolute Gasteiger partial charge is 0.223 e. The van der Waals surface area contributed by atoms with Gasteiger partial charge in [0.05, 0.1) is 5.69 Å². The molecule has 2 aromatic rings. The lowest BCUT2D eigenvalue weighted by Crippen LogP contribution is -2.48. The van der Waals surface area contributed by atoms with Crippen molar-refractivity contribution < 1.29 is 0 Å². The van der Waals surface area contributed by atoms with Crippen LogP contribution in [0.2, 0.25) is 0 Å². The third-order valence-corrected chi connectivity index (χ3v) is 5.06. The monoisotopic (exact) mass is 379 g/mol. The van der Waals surface area contributed by atoms with Crippen LogP contribution in [-0.4, -0.2) is 27.1 Å². The third kappa shape index (κ3) is 5.80. The third-order valence-electron chi connectivity index (χ3n) is 5.06. The molecular weight excluding hydrogens is 346 g/mol. The van der Waals surface area contributed by atoms with Gasteiger partial charge in [0.2, 0.25) is 5.95 Å². The Morgan fingerprint density at radius 1 is 1.25 bits per heavy atom. The van der Waals surface area contributed by atoms with Gasteiger partial charge in [-0.15, -0.1) is 0 Å². The molecule has 1 aromatic carbocycles. The number of rotatable bonds is 6. The van der Waals surface area contributed by atoms with Gasteiger partial charge in [-0.25, -0.2) is 9.97 Å². The molecule has 2 heterocycles. The standard InChI is InChI=1S/C23H33N5/c1-16-14-19(15-23(4,5)28-16)26-21-25-13-11-20(27-21)18-8-6-17(7-9-18)10-12-22(2,3)24/h6-9,11,13,19,28H,1,10,12,14-15,24H2,2-5H3,(H,25,26,27). The van der Waals surface area contributed by atoms with Gasteiger partial charge >= 0.3 is 0 Å². The Morgan fingerprint density at radius 3 is 2.61 bits per heavy atom. The Balaban J connectivity index is 1.68. The van der Waals surface area contributed by atoms with E-state index in [0.717, 1.165) is 42.6 Å². The van der Waals surface area contributed by atoms with Crippen LogP contribution in [0.4, 0.5) is 5.95 Å². The van der Waals surface area contributed by atoms with Crippen molar-refractivity contribution >= 4 is 5.95 Å². The Labute approximate surface area is 168 Å². The molecule has 0 spiro atoms. The summed E-state index contributed by atoms with van der Waals surface area (Å²) in [5, 5.41) is 6.94. The van der Waals surface area contributed by atoms with Crippen LogP contribution in [0.25, 0.3) is 11.3 Å². The van der Waals surface area contributed by atoms with E-state index >= 15 is 0 Å². The first kappa shape index (κ1) is 20.3. The minimum Gasteiger partial charge on any atom is -0.384 e. The van der Waals surface area contributed by atoms with Gasteiger partial charge in [0.25, 0.3) is 0 Å². The number of hydrogen-bond acceptors (Lipinski definition) is 5. The van der Waals surface area contributed by atoms with Gasteiger partial charge in [-0.1, -0.05) is 30.8 Å². The maximum absolute atomic E-state index is 6.09. The summed E-state index contributed by atoms with van der Waals surface area (Å²) in [6.45, 7) is 12.6. The summed E-state index contributed by atoms with van der Waals surface area (Å²) in [7, 11) is 0. The lowest BCUT2D eigenvalue weighted by molar-refractivity contribution is 0.324. The molecule has 4 N–H and O–H groups in total. The molecule has 1 aliphatic heterocycles. The zero-order chi connectivity index (χ0) is 20.4. The van der Waals surface area contributed by atoms with Crippen LogP contribution in [0.1, 0.15) is 52.5 Å². The van der Waals surface area contributed by atoms with Gasteiger partial charge in [-0.05, 0) is 58.6 Å². The molecule has 0 bridgehead atoms. The quantitative estimate of drug-likeness (QED) is 0.699. The number of benzene rings is 1. The van der Waals surface area contributed by atoms with Crippen molar-refractivity contribution in [2.24, 2.45) is 5.73 Å². The van der Waals surface area contributed by atoms with Crippen molar-refractivity contribution in [2.75, 3.05) is 5.32 Å². The van der Waals surface area contributed by atoms with Gasteiger partial charge in [-0.2, -0.15) is 0 Å². The van der Waals surface area contributed by atoms with E-state index in [1.165, 1.54) is 5.56 Å². The summed E-state index contributed by atoms with van der Waals surface area (Å²) in [6, 6.07) is 10.8. The summed E-state index contributed by atoms with van der Waals surface area (Å²) in [5.74, 6) is 0.668. The van der Waals surface area contributed by atoms with E-state index in [4.69, 9.17) is 10.7 Å². The van der Waals surface area contributed by atoms with E-state index in [1.807, 2.05) is 12.3 Å². The average Bonchev–Trinajstić information content (AvgIpc) is 2.58. The number of aryl methyl sites for hydroxylation is 1.